The van der Waals surface area contributed by atoms with Gasteiger partial charge in [0, 0.05) is 18.7 Å². The van der Waals surface area contributed by atoms with Gasteiger partial charge in [0.25, 0.3) is 5.91 Å². The van der Waals surface area contributed by atoms with Gasteiger partial charge in [0.1, 0.15) is 0 Å². The fourth-order valence-electron chi connectivity index (χ4n) is 2.38. The highest BCUT2D eigenvalue weighted by atomic mass is 16.2. The second-order valence-corrected chi connectivity index (χ2v) is 6.70. The number of rotatable bonds is 2. The van der Waals surface area contributed by atoms with E-state index in [9.17, 15) is 4.79 Å². The Morgan fingerprint density at radius 3 is 2.21 bits per heavy atom. The molecule has 0 bridgehead atoms. The molecule has 0 unspecified atom stereocenters. The van der Waals surface area contributed by atoms with Gasteiger partial charge in [0.15, 0.2) is 0 Å². The van der Waals surface area contributed by atoms with Crippen molar-refractivity contribution in [1.29, 1.82) is 0 Å². The first-order valence-corrected chi connectivity index (χ1v) is 6.94. The van der Waals surface area contributed by atoms with E-state index in [4.69, 9.17) is 5.73 Å². The molecular formula is C16H24N2O. The van der Waals surface area contributed by atoms with Gasteiger partial charge in [-0.1, -0.05) is 39.8 Å². The zero-order chi connectivity index (χ0) is 14.3. The van der Waals surface area contributed by atoms with Crippen molar-refractivity contribution in [3.05, 3.63) is 35.4 Å². The maximum Gasteiger partial charge on any atom is 0.253 e. The molecule has 0 radical (unpaired) electrons. The number of amides is 1. The maximum atomic E-state index is 12.3. The normalized spacial score (nSPS) is 18.1. The monoisotopic (exact) mass is 260 g/mol. The molecule has 1 aliphatic heterocycles. The summed E-state index contributed by atoms with van der Waals surface area (Å²) < 4.78 is 0. The number of hydrogen-bond acceptors (Lipinski definition) is 2. The molecular weight excluding hydrogens is 236 g/mol. The van der Waals surface area contributed by atoms with Crippen LogP contribution in [-0.2, 0) is 5.41 Å². The average molecular weight is 260 g/mol. The summed E-state index contributed by atoms with van der Waals surface area (Å²) in [7, 11) is 0. The number of benzene rings is 1. The lowest BCUT2D eigenvalue weighted by molar-refractivity contribution is 0.0401. The van der Waals surface area contributed by atoms with Crippen molar-refractivity contribution in [2.75, 3.05) is 13.1 Å². The van der Waals surface area contributed by atoms with Crippen LogP contribution >= 0.6 is 0 Å². The van der Waals surface area contributed by atoms with Gasteiger partial charge in [-0.3, -0.25) is 4.79 Å². The van der Waals surface area contributed by atoms with E-state index in [0.29, 0.717) is 13.1 Å². The SMILES string of the molecule is CCC1(N)CN(C(=O)c2ccc(C(C)(C)C)cc2)C1. The summed E-state index contributed by atoms with van der Waals surface area (Å²) in [6, 6.07) is 7.93. The largest absolute Gasteiger partial charge is 0.335 e. The summed E-state index contributed by atoms with van der Waals surface area (Å²) in [5, 5.41) is 0. The Kier molecular flexibility index (Phi) is 3.43. The lowest BCUT2D eigenvalue weighted by Gasteiger charge is -2.47. The summed E-state index contributed by atoms with van der Waals surface area (Å²) in [6.45, 7) is 9.92. The Labute approximate surface area is 115 Å². The van der Waals surface area contributed by atoms with Crippen LogP contribution in [0.25, 0.3) is 0 Å². The number of hydrogen-bond donors (Lipinski definition) is 1. The molecule has 1 aliphatic rings. The molecule has 19 heavy (non-hydrogen) atoms. The number of likely N-dealkylation sites (tertiary alicyclic amines) is 1. The Hall–Kier alpha value is -1.35. The standard InChI is InChI=1S/C16H24N2O/c1-5-16(17)10-18(11-16)14(19)12-6-8-13(9-7-12)15(2,3)4/h6-9H,5,10-11,17H2,1-4H3. The second-order valence-electron chi connectivity index (χ2n) is 6.70. The molecule has 1 fully saturated rings. The van der Waals surface area contributed by atoms with E-state index in [2.05, 4.69) is 27.7 Å². The van der Waals surface area contributed by atoms with Crippen LogP contribution in [0.1, 0.15) is 50.0 Å². The molecule has 104 valence electrons. The molecule has 1 amide bonds. The topological polar surface area (TPSA) is 46.3 Å². The number of carbonyl (C=O) groups excluding carboxylic acids is 1. The highest BCUT2D eigenvalue weighted by Crippen LogP contribution is 2.25. The summed E-state index contributed by atoms with van der Waals surface area (Å²) in [5.74, 6) is 0.0926. The van der Waals surface area contributed by atoms with Gasteiger partial charge in [-0.05, 0) is 29.5 Å². The maximum absolute atomic E-state index is 12.3. The lowest BCUT2D eigenvalue weighted by Crippen LogP contribution is -2.68. The van der Waals surface area contributed by atoms with Crippen LogP contribution in [0.3, 0.4) is 0 Å². The van der Waals surface area contributed by atoms with E-state index in [0.717, 1.165) is 12.0 Å². The summed E-state index contributed by atoms with van der Waals surface area (Å²) in [5.41, 5.74) is 8.05. The minimum absolute atomic E-state index is 0.0926. The van der Waals surface area contributed by atoms with E-state index < -0.39 is 0 Å². The van der Waals surface area contributed by atoms with Crippen molar-refractivity contribution in [3.8, 4) is 0 Å². The van der Waals surface area contributed by atoms with Gasteiger partial charge < -0.3 is 10.6 Å². The lowest BCUT2D eigenvalue weighted by atomic mass is 9.86. The third-order valence-electron chi connectivity index (χ3n) is 4.00. The predicted molar refractivity (Wildman–Crippen MR) is 78.3 cm³/mol. The summed E-state index contributed by atoms with van der Waals surface area (Å²) in [4.78, 5) is 14.1. The Morgan fingerprint density at radius 1 is 1.26 bits per heavy atom. The molecule has 1 saturated heterocycles. The van der Waals surface area contributed by atoms with Crippen molar-refractivity contribution in [2.24, 2.45) is 5.73 Å². The number of nitrogens with two attached hydrogens (primary N) is 1. The molecule has 3 heteroatoms. The zero-order valence-corrected chi connectivity index (χ0v) is 12.4. The first kappa shape index (κ1) is 14.1. The van der Waals surface area contributed by atoms with Crippen molar-refractivity contribution >= 4 is 5.91 Å². The Bertz CT molecular complexity index is 465. The van der Waals surface area contributed by atoms with E-state index in [-0.39, 0.29) is 16.9 Å². The molecule has 1 aromatic rings. The molecule has 1 aromatic carbocycles. The van der Waals surface area contributed by atoms with Crippen LogP contribution in [-0.4, -0.2) is 29.4 Å². The van der Waals surface area contributed by atoms with Crippen molar-refractivity contribution in [3.63, 3.8) is 0 Å². The quantitative estimate of drug-likeness (QED) is 0.888. The minimum atomic E-state index is -0.166. The van der Waals surface area contributed by atoms with E-state index in [1.54, 1.807) is 0 Å². The second kappa shape index (κ2) is 4.64. The van der Waals surface area contributed by atoms with Gasteiger partial charge in [-0.25, -0.2) is 0 Å². The summed E-state index contributed by atoms with van der Waals surface area (Å²) in [6.07, 6.45) is 0.916. The van der Waals surface area contributed by atoms with Crippen LogP contribution < -0.4 is 5.73 Å². The average Bonchev–Trinajstić information content (AvgIpc) is 2.33. The molecule has 3 nitrogen and oxygen atoms in total. The zero-order valence-electron chi connectivity index (χ0n) is 12.4. The van der Waals surface area contributed by atoms with Gasteiger partial charge in [0.05, 0.1) is 5.54 Å². The van der Waals surface area contributed by atoms with Crippen LogP contribution in [0.4, 0.5) is 0 Å². The van der Waals surface area contributed by atoms with Crippen molar-refractivity contribution < 1.29 is 4.79 Å². The molecule has 0 aromatic heterocycles. The van der Waals surface area contributed by atoms with Crippen LogP contribution in [0, 0.1) is 0 Å². The minimum Gasteiger partial charge on any atom is -0.335 e. The third kappa shape index (κ3) is 2.81. The van der Waals surface area contributed by atoms with Gasteiger partial charge >= 0.3 is 0 Å². The summed E-state index contributed by atoms with van der Waals surface area (Å²) >= 11 is 0. The smallest absolute Gasteiger partial charge is 0.253 e. The number of carbonyl (C=O) groups is 1. The van der Waals surface area contributed by atoms with Crippen LogP contribution in [0.2, 0.25) is 0 Å². The predicted octanol–water partition coefficient (Wildman–Crippen LogP) is 2.55. The van der Waals surface area contributed by atoms with E-state index in [1.165, 1.54) is 5.56 Å². The van der Waals surface area contributed by atoms with Gasteiger partial charge in [-0.15, -0.1) is 0 Å². The molecule has 1 heterocycles. The van der Waals surface area contributed by atoms with Crippen molar-refractivity contribution in [1.82, 2.24) is 4.90 Å². The highest BCUT2D eigenvalue weighted by Gasteiger charge is 2.40. The third-order valence-corrected chi connectivity index (χ3v) is 4.00. The molecule has 2 N–H and O–H groups in total. The highest BCUT2D eigenvalue weighted by molar-refractivity contribution is 5.95. The molecule has 0 aliphatic carbocycles. The van der Waals surface area contributed by atoms with E-state index in [1.807, 2.05) is 29.2 Å². The molecule has 0 atom stereocenters. The van der Waals surface area contributed by atoms with Gasteiger partial charge in [-0.2, -0.15) is 0 Å². The molecule has 2 rings (SSSR count). The molecule has 0 saturated carbocycles. The van der Waals surface area contributed by atoms with Crippen LogP contribution in [0.15, 0.2) is 24.3 Å². The Balaban J connectivity index is 2.06. The first-order valence-electron chi connectivity index (χ1n) is 6.94. The van der Waals surface area contributed by atoms with Crippen molar-refractivity contribution in [2.45, 2.75) is 45.1 Å². The Morgan fingerprint density at radius 2 is 1.79 bits per heavy atom. The van der Waals surface area contributed by atoms with Crippen LogP contribution in [0.5, 0.6) is 0 Å². The first-order chi connectivity index (χ1) is 8.75. The fraction of sp³-hybridized carbons (Fsp3) is 0.562. The number of nitrogens with zero attached hydrogens (tertiary/aromatic N) is 1. The molecule has 0 spiro atoms. The van der Waals surface area contributed by atoms with Gasteiger partial charge in [0.2, 0.25) is 0 Å². The van der Waals surface area contributed by atoms with E-state index >= 15 is 0 Å². The fourth-order valence-corrected chi connectivity index (χ4v) is 2.38.